The van der Waals surface area contributed by atoms with Gasteiger partial charge in [0.15, 0.2) is 0 Å². The van der Waals surface area contributed by atoms with Gasteiger partial charge in [0.2, 0.25) is 0 Å². The van der Waals surface area contributed by atoms with Crippen molar-refractivity contribution in [1.29, 1.82) is 0 Å². The first-order valence-corrected chi connectivity index (χ1v) is 4.21. The Morgan fingerprint density at radius 1 is 1.23 bits per heavy atom. The number of fused-ring (bicyclic) bond motifs is 1. The van der Waals surface area contributed by atoms with Crippen molar-refractivity contribution < 1.29 is 4.74 Å². The van der Waals surface area contributed by atoms with Crippen LogP contribution in [0, 0.1) is 6.92 Å². The number of nitrogens with zero attached hydrogens (tertiary/aromatic N) is 1. The Bertz CT molecular complexity index is 437. The fourth-order valence-corrected chi connectivity index (χ4v) is 1.40. The molecule has 0 N–H and O–H groups in total. The zero-order valence-electron chi connectivity index (χ0n) is 7.74. The highest BCUT2D eigenvalue weighted by Gasteiger charge is 2.01. The molecule has 2 nitrogen and oxygen atoms in total. The van der Waals surface area contributed by atoms with Crippen LogP contribution in [-0.2, 0) is 0 Å². The van der Waals surface area contributed by atoms with Gasteiger partial charge in [-0.3, -0.25) is 0 Å². The highest BCUT2D eigenvalue weighted by molar-refractivity contribution is 5.80. The van der Waals surface area contributed by atoms with Gasteiger partial charge in [-0.1, -0.05) is 18.2 Å². The minimum absolute atomic E-state index is 0.846. The normalized spacial score (nSPS) is 10.3. The van der Waals surface area contributed by atoms with E-state index >= 15 is 0 Å². The monoisotopic (exact) mass is 173 g/mol. The van der Waals surface area contributed by atoms with Gasteiger partial charge in [-0.15, -0.1) is 0 Å². The minimum atomic E-state index is 0.846. The summed E-state index contributed by atoms with van der Waals surface area (Å²) in [6.07, 6.45) is 0. The van der Waals surface area contributed by atoms with Gasteiger partial charge in [0.1, 0.15) is 5.75 Å². The molecule has 66 valence electrons. The molecule has 1 heterocycles. The minimum Gasteiger partial charge on any atom is -0.495 e. The van der Waals surface area contributed by atoms with Crippen LogP contribution in [0.2, 0.25) is 0 Å². The van der Waals surface area contributed by atoms with E-state index < -0.39 is 0 Å². The van der Waals surface area contributed by atoms with Crippen LogP contribution in [0.25, 0.3) is 10.9 Å². The molecule has 0 aliphatic rings. The number of ether oxygens (including phenoxy) is 1. The summed E-state index contributed by atoms with van der Waals surface area (Å²) in [4.78, 5) is 4.42. The van der Waals surface area contributed by atoms with E-state index in [0.29, 0.717) is 0 Å². The highest BCUT2D eigenvalue weighted by Crippen LogP contribution is 2.21. The molecule has 2 aromatic rings. The predicted molar refractivity (Wildman–Crippen MR) is 53.0 cm³/mol. The van der Waals surface area contributed by atoms with Gasteiger partial charge >= 0.3 is 0 Å². The number of benzene rings is 1. The summed E-state index contributed by atoms with van der Waals surface area (Å²) in [6, 6.07) is 10.0. The Labute approximate surface area is 77.2 Å². The molecule has 0 atom stereocenters. The van der Waals surface area contributed by atoms with E-state index in [1.165, 1.54) is 0 Å². The third-order valence-corrected chi connectivity index (χ3v) is 2.09. The molecule has 0 saturated heterocycles. The van der Waals surface area contributed by atoms with Gasteiger partial charge < -0.3 is 4.74 Å². The molecular formula is C11H11NO. The summed E-state index contributed by atoms with van der Waals surface area (Å²) in [5.41, 5.74) is 1.95. The van der Waals surface area contributed by atoms with E-state index in [1.807, 2.05) is 37.3 Å². The summed E-state index contributed by atoms with van der Waals surface area (Å²) in [6.45, 7) is 1.95. The van der Waals surface area contributed by atoms with Crippen molar-refractivity contribution in [3.05, 3.63) is 36.0 Å². The van der Waals surface area contributed by atoms with Crippen molar-refractivity contribution in [1.82, 2.24) is 4.98 Å². The van der Waals surface area contributed by atoms with E-state index in [2.05, 4.69) is 4.98 Å². The first-order valence-electron chi connectivity index (χ1n) is 4.21. The zero-order valence-corrected chi connectivity index (χ0v) is 7.74. The molecule has 0 bridgehead atoms. The van der Waals surface area contributed by atoms with Crippen LogP contribution in [0.3, 0.4) is 0 Å². The molecule has 0 amide bonds. The molecule has 0 aliphatic heterocycles. The lowest BCUT2D eigenvalue weighted by Crippen LogP contribution is -1.90. The van der Waals surface area contributed by atoms with Crippen LogP contribution in [0.1, 0.15) is 5.69 Å². The number of rotatable bonds is 1. The number of hydrogen-bond donors (Lipinski definition) is 0. The lowest BCUT2D eigenvalue weighted by Gasteiger charge is -2.04. The number of hydrogen-bond acceptors (Lipinski definition) is 2. The second-order valence-corrected chi connectivity index (χ2v) is 2.97. The van der Waals surface area contributed by atoms with E-state index in [-0.39, 0.29) is 0 Å². The van der Waals surface area contributed by atoms with Crippen LogP contribution in [-0.4, -0.2) is 12.1 Å². The molecule has 0 aliphatic carbocycles. The van der Waals surface area contributed by atoms with Gasteiger partial charge in [0.25, 0.3) is 0 Å². The van der Waals surface area contributed by atoms with Crippen molar-refractivity contribution in [2.45, 2.75) is 6.92 Å². The number of methoxy groups -OCH3 is 1. The first kappa shape index (κ1) is 8.05. The summed E-state index contributed by atoms with van der Waals surface area (Å²) in [7, 11) is 1.67. The maximum atomic E-state index is 5.19. The molecule has 2 rings (SSSR count). The molecule has 0 radical (unpaired) electrons. The molecule has 0 unspecified atom stereocenters. The number of para-hydroxylation sites is 1. The van der Waals surface area contributed by atoms with E-state index in [9.17, 15) is 0 Å². The molecule has 2 heteroatoms. The number of pyridine rings is 1. The van der Waals surface area contributed by atoms with Gasteiger partial charge in [0, 0.05) is 5.39 Å². The fraction of sp³-hybridized carbons (Fsp3) is 0.182. The van der Waals surface area contributed by atoms with Crippen molar-refractivity contribution in [3.8, 4) is 5.75 Å². The number of aromatic nitrogens is 1. The third kappa shape index (κ3) is 1.35. The third-order valence-electron chi connectivity index (χ3n) is 2.09. The summed E-state index contributed by atoms with van der Waals surface area (Å²) < 4.78 is 5.19. The van der Waals surface area contributed by atoms with Crippen molar-refractivity contribution in [3.63, 3.8) is 0 Å². The predicted octanol–water partition coefficient (Wildman–Crippen LogP) is 2.55. The highest BCUT2D eigenvalue weighted by atomic mass is 16.5. The second-order valence-electron chi connectivity index (χ2n) is 2.97. The zero-order chi connectivity index (χ0) is 9.26. The quantitative estimate of drug-likeness (QED) is 0.661. The van der Waals surface area contributed by atoms with E-state index in [1.54, 1.807) is 7.11 Å². The maximum absolute atomic E-state index is 5.19. The largest absolute Gasteiger partial charge is 0.495 e. The molecule has 0 spiro atoms. The molecule has 1 aromatic heterocycles. The molecule has 1 aromatic carbocycles. The van der Waals surface area contributed by atoms with Crippen LogP contribution >= 0.6 is 0 Å². The lowest BCUT2D eigenvalue weighted by atomic mass is 10.2. The second kappa shape index (κ2) is 3.05. The fourth-order valence-electron chi connectivity index (χ4n) is 1.40. The Kier molecular flexibility index (Phi) is 1.89. The Morgan fingerprint density at radius 2 is 2.00 bits per heavy atom. The van der Waals surface area contributed by atoms with Gasteiger partial charge in [0.05, 0.1) is 18.3 Å². The van der Waals surface area contributed by atoms with Crippen LogP contribution in [0.4, 0.5) is 0 Å². The molecule has 0 fully saturated rings. The average molecular weight is 173 g/mol. The van der Waals surface area contributed by atoms with Crippen LogP contribution in [0.15, 0.2) is 30.3 Å². The van der Waals surface area contributed by atoms with Gasteiger partial charge in [-0.25, -0.2) is 4.98 Å². The van der Waals surface area contributed by atoms with Crippen molar-refractivity contribution in [2.24, 2.45) is 0 Å². The van der Waals surface area contributed by atoms with Crippen LogP contribution in [0.5, 0.6) is 5.75 Å². The van der Waals surface area contributed by atoms with Gasteiger partial charge in [-0.05, 0) is 19.1 Å². The molecular weight excluding hydrogens is 162 g/mol. The SMILES string of the molecule is COc1cc2ccccc2nc1C. The summed E-state index contributed by atoms with van der Waals surface area (Å²) >= 11 is 0. The van der Waals surface area contributed by atoms with Crippen molar-refractivity contribution >= 4 is 10.9 Å². The van der Waals surface area contributed by atoms with E-state index in [0.717, 1.165) is 22.3 Å². The number of aryl methyl sites for hydroxylation is 1. The average Bonchev–Trinajstić information content (AvgIpc) is 2.17. The van der Waals surface area contributed by atoms with E-state index in [4.69, 9.17) is 4.74 Å². The Morgan fingerprint density at radius 3 is 2.77 bits per heavy atom. The molecule has 0 saturated carbocycles. The Balaban J connectivity index is 2.74. The smallest absolute Gasteiger partial charge is 0.140 e. The van der Waals surface area contributed by atoms with Crippen LogP contribution < -0.4 is 4.74 Å². The molecule has 13 heavy (non-hydrogen) atoms. The summed E-state index contributed by atoms with van der Waals surface area (Å²) in [5, 5.41) is 1.12. The standard InChI is InChI=1S/C11H11NO/c1-8-11(13-2)7-9-5-3-4-6-10(9)12-8/h3-7H,1-2H3. The maximum Gasteiger partial charge on any atom is 0.140 e. The first-order chi connectivity index (χ1) is 6.31. The van der Waals surface area contributed by atoms with Crippen molar-refractivity contribution in [2.75, 3.05) is 7.11 Å². The topological polar surface area (TPSA) is 22.1 Å². The Hall–Kier alpha value is -1.57. The van der Waals surface area contributed by atoms with Gasteiger partial charge in [-0.2, -0.15) is 0 Å². The lowest BCUT2D eigenvalue weighted by molar-refractivity contribution is 0.410. The summed E-state index contributed by atoms with van der Waals surface area (Å²) in [5.74, 6) is 0.846.